The fraction of sp³-hybridized carbons (Fsp3) is 0.455. The maximum absolute atomic E-state index is 11.8. The molecule has 0 aliphatic carbocycles. The maximum atomic E-state index is 11.8. The van der Waals surface area contributed by atoms with Crippen LogP contribution in [0.5, 0.6) is 0 Å². The molecule has 19 heavy (non-hydrogen) atoms. The molecular formula is C11H15N3O5. The first kappa shape index (κ1) is 14.7. The van der Waals surface area contributed by atoms with Crippen molar-refractivity contribution in [3.8, 4) is 0 Å². The predicted molar refractivity (Wildman–Crippen MR) is 65.8 cm³/mol. The SMILES string of the molecule is Cn1cc([N+](=O)[O-])cc1C(=O)NCC(C)(C)C(=O)O. The van der Waals surface area contributed by atoms with E-state index in [1.165, 1.54) is 31.7 Å². The minimum atomic E-state index is -1.10. The number of rotatable bonds is 5. The van der Waals surface area contributed by atoms with Crippen LogP contribution in [0.1, 0.15) is 24.3 Å². The van der Waals surface area contributed by atoms with Crippen molar-refractivity contribution in [1.82, 2.24) is 9.88 Å². The molecule has 2 N–H and O–H groups in total. The Bertz CT molecular complexity index is 532. The lowest BCUT2D eigenvalue weighted by Crippen LogP contribution is -2.39. The minimum absolute atomic E-state index is 0.0693. The average molecular weight is 269 g/mol. The molecule has 0 bridgehead atoms. The van der Waals surface area contributed by atoms with Crippen LogP contribution in [-0.2, 0) is 11.8 Å². The third-order valence-corrected chi connectivity index (χ3v) is 2.70. The molecule has 0 unspecified atom stereocenters. The first-order valence-electron chi connectivity index (χ1n) is 5.47. The lowest BCUT2D eigenvalue weighted by Gasteiger charge is -2.19. The summed E-state index contributed by atoms with van der Waals surface area (Å²) < 4.78 is 1.32. The van der Waals surface area contributed by atoms with E-state index in [0.717, 1.165) is 6.07 Å². The van der Waals surface area contributed by atoms with Crippen LogP contribution in [-0.4, -0.2) is 33.0 Å². The molecule has 1 aromatic rings. The van der Waals surface area contributed by atoms with Crippen molar-refractivity contribution in [2.24, 2.45) is 12.5 Å². The van der Waals surface area contributed by atoms with Crippen molar-refractivity contribution < 1.29 is 19.6 Å². The Balaban J connectivity index is 2.80. The number of hydrogen-bond acceptors (Lipinski definition) is 4. The number of aromatic nitrogens is 1. The van der Waals surface area contributed by atoms with Gasteiger partial charge in [-0.15, -0.1) is 0 Å². The smallest absolute Gasteiger partial charge is 0.310 e. The van der Waals surface area contributed by atoms with Gasteiger partial charge in [-0.2, -0.15) is 0 Å². The number of amides is 1. The van der Waals surface area contributed by atoms with E-state index >= 15 is 0 Å². The van der Waals surface area contributed by atoms with Crippen LogP contribution in [0, 0.1) is 15.5 Å². The Morgan fingerprint density at radius 2 is 2.11 bits per heavy atom. The topological polar surface area (TPSA) is 114 Å². The van der Waals surface area contributed by atoms with E-state index in [2.05, 4.69) is 5.32 Å². The molecule has 0 atom stereocenters. The standard InChI is InChI=1S/C11H15N3O5/c1-11(2,10(16)17)6-12-9(15)8-4-7(14(18)19)5-13(8)3/h4-5H,6H2,1-3H3,(H,12,15)(H,16,17). The second-order valence-electron chi connectivity index (χ2n) is 4.82. The van der Waals surface area contributed by atoms with Gasteiger partial charge in [0.15, 0.2) is 0 Å². The van der Waals surface area contributed by atoms with Gasteiger partial charge >= 0.3 is 5.97 Å². The number of nitro groups is 1. The summed E-state index contributed by atoms with van der Waals surface area (Å²) in [7, 11) is 1.50. The number of carbonyl (C=O) groups is 2. The van der Waals surface area contributed by atoms with E-state index < -0.39 is 22.2 Å². The van der Waals surface area contributed by atoms with Crippen molar-refractivity contribution >= 4 is 17.6 Å². The van der Waals surface area contributed by atoms with Crippen molar-refractivity contribution in [2.75, 3.05) is 6.54 Å². The van der Waals surface area contributed by atoms with Gasteiger partial charge in [-0.3, -0.25) is 19.7 Å². The van der Waals surface area contributed by atoms with Gasteiger partial charge in [0.05, 0.1) is 16.5 Å². The van der Waals surface area contributed by atoms with Gasteiger partial charge in [0.1, 0.15) is 5.69 Å². The van der Waals surface area contributed by atoms with E-state index in [1.54, 1.807) is 0 Å². The summed E-state index contributed by atoms with van der Waals surface area (Å²) in [6.07, 6.45) is 1.22. The van der Waals surface area contributed by atoms with E-state index in [0.29, 0.717) is 0 Å². The Morgan fingerprint density at radius 3 is 2.53 bits per heavy atom. The van der Waals surface area contributed by atoms with Gasteiger partial charge in [-0.1, -0.05) is 0 Å². The second-order valence-corrected chi connectivity index (χ2v) is 4.82. The number of nitrogens with zero attached hydrogens (tertiary/aromatic N) is 2. The van der Waals surface area contributed by atoms with Gasteiger partial charge in [-0.25, -0.2) is 0 Å². The highest BCUT2D eigenvalue weighted by molar-refractivity contribution is 5.93. The fourth-order valence-electron chi connectivity index (χ4n) is 1.34. The molecule has 0 aromatic carbocycles. The molecule has 0 saturated heterocycles. The van der Waals surface area contributed by atoms with E-state index in [1.807, 2.05) is 0 Å². The lowest BCUT2D eigenvalue weighted by molar-refractivity contribution is -0.384. The minimum Gasteiger partial charge on any atom is -0.481 e. The monoisotopic (exact) mass is 269 g/mol. The van der Waals surface area contributed by atoms with Gasteiger partial charge in [0, 0.05) is 19.7 Å². The van der Waals surface area contributed by atoms with Crippen LogP contribution >= 0.6 is 0 Å². The molecule has 1 rings (SSSR count). The molecule has 0 fully saturated rings. The molecular weight excluding hydrogens is 254 g/mol. The van der Waals surface area contributed by atoms with Crippen molar-refractivity contribution in [3.63, 3.8) is 0 Å². The summed E-state index contributed by atoms with van der Waals surface area (Å²) in [5.74, 6) is -1.59. The Morgan fingerprint density at radius 1 is 1.53 bits per heavy atom. The largest absolute Gasteiger partial charge is 0.481 e. The molecule has 1 aromatic heterocycles. The maximum Gasteiger partial charge on any atom is 0.310 e. The second kappa shape index (κ2) is 5.09. The highest BCUT2D eigenvalue weighted by Gasteiger charge is 2.28. The first-order chi connectivity index (χ1) is 8.65. The highest BCUT2D eigenvalue weighted by atomic mass is 16.6. The van der Waals surface area contributed by atoms with Gasteiger partial charge < -0.3 is 15.0 Å². The molecule has 8 heteroatoms. The summed E-state index contributed by atoms with van der Waals surface area (Å²) in [5, 5.41) is 21.9. The average Bonchev–Trinajstić information content (AvgIpc) is 2.68. The summed E-state index contributed by atoms with van der Waals surface area (Å²) in [5.41, 5.74) is -1.19. The number of hydrogen-bond donors (Lipinski definition) is 2. The van der Waals surface area contributed by atoms with Crippen LogP contribution in [0.3, 0.4) is 0 Å². The van der Waals surface area contributed by atoms with Crippen LogP contribution in [0.2, 0.25) is 0 Å². The number of carbonyl (C=O) groups excluding carboxylic acids is 1. The molecule has 0 saturated carbocycles. The van der Waals surface area contributed by atoms with Crippen molar-refractivity contribution in [2.45, 2.75) is 13.8 Å². The fourth-order valence-corrected chi connectivity index (χ4v) is 1.34. The first-order valence-corrected chi connectivity index (χ1v) is 5.47. The predicted octanol–water partition coefficient (Wildman–Crippen LogP) is 0.774. The Hall–Kier alpha value is -2.38. The molecule has 1 heterocycles. The van der Waals surface area contributed by atoms with Gasteiger partial charge in [0.2, 0.25) is 0 Å². The number of carboxylic acids is 1. The lowest BCUT2D eigenvalue weighted by atomic mass is 9.94. The zero-order chi connectivity index (χ0) is 14.8. The van der Waals surface area contributed by atoms with Crippen LogP contribution < -0.4 is 5.32 Å². The summed E-state index contributed by atoms with van der Waals surface area (Å²) in [6, 6.07) is 1.14. The molecule has 0 aliphatic rings. The number of aliphatic carboxylic acids is 1. The highest BCUT2D eigenvalue weighted by Crippen LogP contribution is 2.16. The van der Waals surface area contributed by atoms with E-state index in [-0.39, 0.29) is 17.9 Å². The molecule has 0 radical (unpaired) electrons. The van der Waals surface area contributed by atoms with E-state index in [9.17, 15) is 19.7 Å². The Labute approximate surface area is 109 Å². The van der Waals surface area contributed by atoms with Crippen molar-refractivity contribution in [3.05, 3.63) is 28.1 Å². The summed E-state index contributed by atoms with van der Waals surface area (Å²) in [6.45, 7) is 2.88. The molecule has 1 amide bonds. The van der Waals surface area contributed by atoms with E-state index in [4.69, 9.17) is 5.11 Å². The summed E-state index contributed by atoms with van der Waals surface area (Å²) in [4.78, 5) is 32.7. The molecule has 8 nitrogen and oxygen atoms in total. The van der Waals surface area contributed by atoms with Crippen LogP contribution in [0.15, 0.2) is 12.3 Å². The normalized spacial score (nSPS) is 11.1. The number of carboxylic acid groups (broad SMARTS) is 1. The number of aryl methyl sites for hydroxylation is 1. The summed E-state index contributed by atoms with van der Waals surface area (Å²) >= 11 is 0. The van der Waals surface area contributed by atoms with Crippen LogP contribution in [0.25, 0.3) is 0 Å². The van der Waals surface area contributed by atoms with Gasteiger partial charge in [-0.05, 0) is 13.8 Å². The zero-order valence-electron chi connectivity index (χ0n) is 10.8. The Kier molecular flexibility index (Phi) is 3.93. The third-order valence-electron chi connectivity index (χ3n) is 2.70. The molecule has 0 aliphatic heterocycles. The van der Waals surface area contributed by atoms with Gasteiger partial charge in [0.25, 0.3) is 11.6 Å². The molecule has 104 valence electrons. The third kappa shape index (κ3) is 3.30. The molecule has 0 spiro atoms. The quantitative estimate of drug-likeness (QED) is 0.605. The van der Waals surface area contributed by atoms with Crippen molar-refractivity contribution in [1.29, 1.82) is 0 Å². The zero-order valence-corrected chi connectivity index (χ0v) is 10.8. The van der Waals surface area contributed by atoms with Crippen LogP contribution in [0.4, 0.5) is 5.69 Å². The number of nitrogens with one attached hydrogen (secondary N) is 1.